The van der Waals surface area contributed by atoms with Crippen molar-refractivity contribution in [3.8, 4) is 0 Å². The van der Waals surface area contributed by atoms with Crippen molar-refractivity contribution in [2.45, 2.75) is 56.1 Å². The highest BCUT2D eigenvalue weighted by Crippen LogP contribution is 2.31. The fraction of sp³-hybridized carbons (Fsp3) is 0.414. The number of fused-ring (bicyclic) bond motifs is 1. The summed E-state index contributed by atoms with van der Waals surface area (Å²) in [5.41, 5.74) is 6.71. The van der Waals surface area contributed by atoms with Gasteiger partial charge in [-0.15, -0.1) is 0 Å². The topological polar surface area (TPSA) is 115 Å². The van der Waals surface area contributed by atoms with Crippen LogP contribution in [0.25, 0.3) is 10.9 Å². The smallest absolute Gasteiger partial charge is 0.262 e. The van der Waals surface area contributed by atoms with E-state index in [0.717, 1.165) is 32.1 Å². The average Bonchev–Trinajstić information content (AvgIpc) is 2.96. The van der Waals surface area contributed by atoms with Gasteiger partial charge in [0.25, 0.3) is 11.5 Å². The molecule has 1 aliphatic heterocycles. The van der Waals surface area contributed by atoms with Crippen LogP contribution in [0, 0.1) is 5.92 Å². The molecule has 2 amide bonds. The van der Waals surface area contributed by atoms with Gasteiger partial charge in [0.1, 0.15) is 0 Å². The largest absolute Gasteiger partial charge is 0.369 e. The van der Waals surface area contributed by atoms with Crippen molar-refractivity contribution in [1.82, 2.24) is 14.5 Å². The van der Waals surface area contributed by atoms with Gasteiger partial charge in [-0.05, 0) is 68.1 Å². The summed E-state index contributed by atoms with van der Waals surface area (Å²) in [5, 5.41) is 1.51. The Labute approximate surface area is 235 Å². The van der Waals surface area contributed by atoms with Gasteiger partial charge in [-0.1, -0.05) is 42.6 Å². The van der Waals surface area contributed by atoms with Crippen LogP contribution < -0.4 is 11.3 Å². The van der Waals surface area contributed by atoms with E-state index in [2.05, 4.69) is 0 Å². The van der Waals surface area contributed by atoms with Gasteiger partial charge in [0.2, 0.25) is 5.91 Å². The SMILES string of the molecule is NC(=O)C1CCN(C(=O)c2ccc3c(=O)n(C4CCCCC4)c(SCC(=O)c4ccc(Cl)cc4)nc3c2)CC1. The summed E-state index contributed by atoms with van der Waals surface area (Å²) in [7, 11) is 0. The van der Waals surface area contributed by atoms with Crippen LogP contribution in [0.5, 0.6) is 0 Å². The number of nitrogens with two attached hydrogens (primary N) is 1. The Morgan fingerprint density at radius 3 is 2.28 bits per heavy atom. The highest BCUT2D eigenvalue weighted by atomic mass is 35.5. The second-order valence-corrected chi connectivity index (χ2v) is 11.7. The fourth-order valence-corrected chi connectivity index (χ4v) is 6.56. The Morgan fingerprint density at radius 2 is 1.62 bits per heavy atom. The van der Waals surface area contributed by atoms with Gasteiger partial charge in [0.15, 0.2) is 10.9 Å². The molecule has 1 aromatic heterocycles. The van der Waals surface area contributed by atoms with Crippen LogP contribution >= 0.6 is 23.4 Å². The van der Waals surface area contributed by atoms with Gasteiger partial charge in [0.05, 0.1) is 16.7 Å². The second kappa shape index (κ2) is 11.9. The van der Waals surface area contributed by atoms with E-state index in [0.29, 0.717) is 58.1 Å². The third-order valence-corrected chi connectivity index (χ3v) is 8.94. The van der Waals surface area contributed by atoms with Gasteiger partial charge < -0.3 is 10.6 Å². The van der Waals surface area contributed by atoms with Crippen LogP contribution in [0.4, 0.5) is 0 Å². The third kappa shape index (κ3) is 6.04. The van der Waals surface area contributed by atoms with E-state index >= 15 is 0 Å². The third-order valence-electron chi connectivity index (χ3n) is 7.74. The van der Waals surface area contributed by atoms with Crippen LogP contribution in [-0.2, 0) is 4.79 Å². The van der Waals surface area contributed by atoms with Crippen molar-refractivity contribution in [2.24, 2.45) is 11.7 Å². The molecule has 2 aromatic carbocycles. The minimum atomic E-state index is -0.328. The Morgan fingerprint density at radius 1 is 0.949 bits per heavy atom. The van der Waals surface area contributed by atoms with Crippen molar-refractivity contribution in [2.75, 3.05) is 18.8 Å². The molecule has 0 radical (unpaired) electrons. The van der Waals surface area contributed by atoms with E-state index in [1.165, 1.54) is 11.8 Å². The van der Waals surface area contributed by atoms with E-state index in [4.69, 9.17) is 22.3 Å². The summed E-state index contributed by atoms with van der Waals surface area (Å²) in [6.45, 7) is 0.907. The number of Topliss-reactive ketones (excluding diaryl/α,β-unsaturated/α-hetero) is 1. The monoisotopic (exact) mass is 566 g/mol. The number of ketones is 1. The first kappa shape index (κ1) is 27.4. The number of hydrogen-bond acceptors (Lipinski definition) is 6. The number of rotatable bonds is 7. The maximum Gasteiger partial charge on any atom is 0.262 e. The maximum atomic E-state index is 13.8. The van der Waals surface area contributed by atoms with Gasteiger partial charge in [-0.3, -0.25) is 23.7 Å². The minimum Gasteiger partial charge on any atom is -0.369 e. The first-order valence-electron chi connectivity index (χ1n) is 13.4. The number of nitrogens with zero attached hydrogens (tertiary/aromatic N) is 3. The molecule has 0 spiro atoms. The number of carbonyl (C=O) groups is 3. The predicted octanol–water partition coefficient (Wildman–Crippen LogP) is 4.87. The predicted molar refractivity (Wildman–Crippen MR) is 152 cm³/mol. The fourth-order valence-electron chi connectivity index (χ4n) is 5.47. The van der Waals surface area contributed by atoms with Crippen LogP contribution in [0.2, 0.25) is 5.02 Å². The number of aromatic nitrogens is 2. The first-order valence-corrected chi connectivity index (χ1v) is 14.7. The lowest BCUT2D eigenvalue weighted by molar-refractivity contribution is -0.123. The molecule has 5 rings (SSSR count). The summed E-state index contributed by atoms with van der Waals surface area (Å²) < 4.78 is 1.76. The zero-order valence-corrected chi connectivity index (χ0v) is 23.2. The quantitative estimate of drug-likeness (QED) is 0.248. The molecule has 2 aliphatic rings. The summed E-state index contributed by atoms with van der Waals surface area (Å²) in [6.07, 6.45) is 6.10. The van der Waals surface area contributed by atoms with E-state index in [1.807, 2.05) is 0 Å². The molecule has 204 valence electrons. The molecule has 1 aliphatic carbocycles. The molecule has 0 atom stereocenters. The van der Waals surface area contributed by atoms with Crippen LogP contribution in [0.1, 0.15) is 71.7 Å². The molecule has 0 unspecified atom stereocenters. The Kier molecular flexibility index (Phi) is 8.37. The van der Waals surface area contributed by atoms with Gasteiger partial charge in [-0.25, -0.2) is 4.98 Å². The normalized spacial score (nSPS) is 16.9. The summed E-state index contributed by atoms with van der Waals surface area (Å²) in [5.74, 6) is -0.652. The molecule has 39 heavy (non-hydrogen) atoms. The average molecular weight is 567 g/mol. The summed E-state index contributed by atoms with van der Waals surface area (Å²) in [6, 6.07) is 11.8. The van der Waals surface area contributed by atoms with Gasteiger partial charge in [-0.2, -0.15) is 0 Å². The van der Waals surface area contributed by atoms with E-state index < -0.39 is 0 Å². The van der Waals surface area contributed by atoms with Crippen LogP contribution in [0.15, 0.2) is 52.4 Å². The molecule has 1 saturated heterocycles. The van der Waals surface area contributed by atoms with Crippen LogP contribution in [-0.4, -0.2) is 50.9 Å². The lowest BCUT2D eigenvalue weighted by Crippen LogP contribution is -2.41. The number of piperidine rings is 1. The molecule has 1 saturated carbocycles. The van der Waals surface area contributed by atoms with E-state index in [-0.39, 0.29) is 40.9 Å². The first-order chi connectivity index (χ1) is 18.8. The number of primary amides is 1. The number of hydrogen-bond donors (Lipinski definition) is 1. The number of halogens is 1. The van der Waals surface area contributed by atoms with Crippen molar-refractivity contribution in [3.05, 3.63) is 69.0 Å². The standard InChI is InChI=1S/C29H31ClN4O4S/c30-21-9-6-18(7-10-21)25(35)17-39-29-32-24-16-20(27(37)33-14-12-19(13-15-33)26(31)36)8-11-23(24)28(38)34(29)22-4-2-1-3-5-22/h6-11,16,19,22H,1-5,12-15,17H2,(H2,31,36). The van der Waals surface area contributed by atoms with Crippen LogP contribution in [0.3, 0.4) is 0 Å². The van der Waals surface area contributed by atoms with Crippen molar-refractivity contribution < 1.29 is 14.4 Å². The van der Waals surface area contributed by atoms with Crippen molar-refractivity contribution >= 4 is 51.9 Å². The Hall–Kier alpha value is -3.17. The maximum absolute atomic E-state index is 13.8. The molecule has 8 nitrogen and oxygen atoms in total. The highest BCUT2D eigenvalue weighted by molar-refractivity contribution is 7.99. The molecule has 3 aromatic rings. The molecule has 2 N–H and O–H groups in total. The number of amides is 2. The number of thioether (sulfide) groups is 1. The molecular weight excluding hydrogens is 536 g/mol. The zero-order valence-electron chi connectivity index (χ0n) is 21.6. The summed E-state index contributed by atoms with van der Waals surface area (Å²) in [4.78, 5) is 57.9. The van der Waals surface area contributed by atoms with Crippen molar-refractivity contribution in [3.63, 3.8) is 0 Å². The van der Waals surface area contributed by atoms with Gasteiger partial charge in [0, 0.05) is 41.2 Å². The Bertz CT molecular complexity index is 1460. The molecule has 0 bridgehead atoms. The minimum absolute atomic E-state index is 0.0316. The van der Waals surface area contributed by atoms with E-state index in [1.54, 1.807) is 51.9 Å². The molecule has 2 fully saturated rings. The van der Waals surface area contributed by atoms with Crippen molar-refractivity contribution in [1.29, 1.82) is 0 Å². The number of carbonyl (C=O) groups excluding carboxylic acids is 3. The second-order valence-electron chi connectivity index (χ2n) is 10.3. The summed E-state index contributed by atoms with van der Waals surface area (Å²) >= 11 is 7.21. The Balaban J connectivity index is 1.45. The molecule has 10 heteroatoms. The van der Waals surface area contributed by atoms with Gasteiger partial charge >= 0.3 is 0 Å². The molecule has 2 heterocycles. The lowest BCUT2D eigenvalue weighted by atomic mass is 9.95. The zero-order chi connectivity index (χ0) is 27.5. The number of likely N-dealkylation sites (tertiary alicyclic amines) is 1. The lowest BCUT2D eigenvalue weighted by Gasteiger charge is -2.30. The van der Waals surface area contributed by atoms with E-state index in [9.17, 15) is 19.2 Å². The molecular formula is C29H31ClN4O4S. The number of benzene rings is 2. The highest BCUT2D eigenvalue weighted by Gasteiger charge is 2.27.